The number of hydrogen-bond donors (Lipinski definition) is 1. The predicted molar refractivity (Wildman–Crippen MR) is 102 cm³/mol. The SMILES string of the molecule is CC[C@H](Oc1cccc(OC)c1)C(=O)Nc1nnc(SCC(C)C)s1. The summed E-state index contributed by atoms with van der Waals surface area (Å²) in [6.45, 7) is 6.20. The Kier molecular flexibility index (Phi) is 7.52. The molecule has 1 N–H and O–H groups in total. The first-order valence-corrected chi connectivity index (χ1v) is 9.90. The highest BCUT2D eigenvalue weighted by atomic mass is 32.2. The van der Waals surface area contributed by atoms with Crippen LogP contribution in [0.4, 0.5) is 5.13 Å². The van der Waals surface area contributed by atoms with Crippen LogP contribution in [0.2, 0.25) is 0 Å². The first-order valence-electron chi connectivity index (χ1n) is 8.09. The molecule has 8 heteroatoms. The van der Waals surface area contributed by atoms with Crippen LogP contribution in [0.1, 0.15) is 27.2 Å². The van der Waals surface area contributed by atoms with Crippen molar-refractivity contribution in [3.05, 3.63) is 24.3 Å². The minimum atomic E-state index is -0.609. The van der Waals surface area contributed by atoms with E-state index in [1.54, 1.807) is 31.0 Å². The van der Waals surface area contributed by atoms with E-state index in [-0.39, 0.29) is 5.91 Å². The number of anilines is 1. The number of nitrogens with one attached hydrogen (secondary N) is 1. The van der Waals surface area contributed by atoms with E-state index in [1.165, 1.54) is 11.3 Å². The standard InChI is InChI=1S/C17H23N3O3S2/c1-5-14(23-13-8-6-7-12(9-13)22-4)15(21)18-16-19-20-17(25-16)24-10-11(2)3/h6-9,11,14H,5,10H2,1-4H3,(H,18,19,21)/t14-/m0/s1. The van der Waals surface area contributed by atoms with Crippen molar-refractivity contribution < 1.29 is 14.3 Å². The Morgan fingerprint density at radius 3 is 2.76 bits per heavy atom. The van der Waals surface area contributed by atoms with Gasteiger partial charge < -0.3 is 9.47 Å². The van der Waals surface area contributed by atoms with Crippen LogP contribution in [0.5, 0.6) is 11.5 Å². The molecule has 25 heavy (non-hydrogen) atoms. The van der Waals surface area contributed by atoms with Crippen molar-refractivity contribution in [3.8, 4) is 11.5 Å². The number of aromatic nitrogens is 2. The number of carbonyl (C=O) groups is 1. The molecule has 0 radical (unpaired) electrons. The number of carbonyl (C=O) groups excluding carboxylic acids is 1. The van der Waals surface area contributed by atoms with Gasteiger partial charge in [0, 0.05) is 11.8 Å². The van der Waals surface area contributed by atoms with E-state index >= 15 is 0 Å². The van der Waals surface area contributed by atoms with Crippen molar-refractivity contribution >= 4 is 34.1 Å². The molecule has 0 aliphatic carbocycles. The summed E-state index contributed by atoms with van der Waals surface area (Å²) in [6, 6.07) is 7.19. The summed E-state index contributed by atoms with van der Waals surface area (Å²) in [5.74, 6) is 2.59. The third-order valence-corrected chi connectivity index (χ3v) is 5.56. The highest BCUT2D eigenvalue weighted by Gasteiger charge is 2.20. The third-order valence-electron chi connectivity index (χ3n) is 3.16. The molecule has 136 valence electrons. The predicted octanol–water partition coefficient (Wildman–Crippen LogP) is 4.09. The van der Waals surface area contributed by atoms with E-state index in [9.17, 15) is 4.79 Å². The molecule has 6 nitrogen and oxygen atoms in total. The van der Waals surface area contributed by atoms with Crippen LogP contribution >= 0.6 is 23.1 Å². The van der Waals surface area contributed by atoms with Crippen LogP contribution < -0.4 is 14.8 Å². The molecule has 0 unspecified atom stereocenters. The van der Waals surface area contributed by atoms with Gasteiger partial charge in [-0.1, -0.05) is 49.9 Å². The maximum atomic E-state index is 12.4. The zero-order valence-electron chi connectivity index (χ0n) is 14.8. The number of thioether (sulfide) groups is 1. The average molecular weight is 382 g/mol. The molecule has 1 aromatic carbocycles. The van der Waals surface area contributed by atoms with E-state index < -0.39 is 6.10 Å². The molecule has 0 saturated heterocycles. The van der Waals surface area contributed by atoms with Gasteiger partial charge >= 0.3 is 0 Å². The Labute approximate surface area is 156 Å². The quantitative estimate of drug-likeness (QED) is 0.521. The van der Waals surface area contributed by atoms with Crippen LogP contribution in [0.25, 0.3) is 0 Å². The summed E-state index contributed by atoms with van der Waals surface area (Å²) in [6.07, 6.45) is -0.0700. The number of methoxy groups -OCH3 is 1. The van der Waals surface area contributed by atoms with E-state index in [0.29, 0.717) is 29.0 Å². The van der Waals surface area contributed by atoms with Gasteiger partial charge in [0.25, 0.3) is 5.91 Å². The highest BCUT2D eigenvalue weighted by molar-refractivity contribution is 8.01. The zero-order valence-corrected chi connectivity index (χ0v) is 16.4. The second-order valence-corrected chi connectivity index (χ2v) is 8.01. The number of amides is 1. The summed E-state index contributed by atoms with van der Waals surface area (Å²) in [7, 11) is 1.59. The summed E-state index contributed by atoms with van der Waals surface area (Å²) < 4.78 is 11.8. The van der Waals surface area contributed by atoms with Crippen LogP contribution in [-0.2, 0) is 4.79 Å². The molecule has 1 atom stereocenters. The number of rotatable bonds is 9. The van der Waals surface area contributed by atoms with Crippen molar-refractivity contribution in [2.75, 3.05) is 18.2 Å². The number of ether oxygens (including phenoxy) is 2. The van der Waals surface area contributed by atoms with Crippen molar-refractivity contribution in [3.63, 3.8) is 0 Å². The van der Waals surface area contributed by atoms with E-state index in [4.69, 9.17) is 9.47 Å². The third kappa shape index (κ3) is 6.21. The Hall–Kier alpha value is -1.80. The first kappa shape index (κ1) is 19.5. The molecular weight excluding hydrogens is 358 g/mol. The van der Waals surface area contributed by atoms with Gasteiger partial charge in [-0.2, -0.15) is 0 Å². The van der Waals surface area contributed by atoms with Gasteiger partial charge in [0.15, 0.2) is 10.4 Å². The molecular formula is C17H23N3O3S2. The smallest absolute Gasteiger partial charge is 0.267 e. The topological polar surface area (TPSA) is 73.3 Å². The van der Waals surface area contributed by atoms with Crippen LogP contribution in [-0.4, -0.2) is 35.1 Å². The summed E-state index contributed by atoms with van der Waals surface area (Å²) >= 11 is 3.02. The molecule has 0 aliphatic rings. The maximum absolute atomic E-state index is 12.4. The second kappa shape index (κ2) is 9.62. The van der Waals surface area contributed by atoms with E-state index in [1.807, 2.05) is 19.1 Å². The largest absolute Gasteiger partial charge is 0.497 e. The van der Waals surface area contributed by atoms with Gasteiger partial charge in [-0.3, -0.25) is 10.1 Å². The number of hydrogen-bond acceptors (Lipinski definition) is 7. The molecule has 0 saturated carbocycles. The fraction of sp³-hybridized carbons (Fsp3) is 0.471. The Morgan fingerprint density at radius 2 is 2.08 bits per heavy atom. The lowest BCUT2D eigenvalue weighted by molar-refractivity contribution is -0.122. The molecule has 1 aromatic heterocycles. The van der Waals surface area contributed by atoms with Crippen molar-refractivity contribution in [2.45, 2.75) is 37.6 Å². The molecule has 1 amide bonds. The van der Waals surface area contributed by atoms with E-state index in [2.05, 4.69) is 29.4 Å². The van der Waals surface area contributed by atoms with Gasteiger partial charge in [-0.25, -0.2) is 0 Å². The molecule has 0 fully saturated rings. The summed E-state index contributed by atoms with van der Waals surface area (Å²) in [5.41, 5.74) is 0. The van der Waals surface area contributed by atoms with E-state index in [0.717, 1.165) is 10.1 Å². The highest BCUT2D eigenvalue weighted by Crippen LogP contribution is 2.27. The van der Waals surface area contributed by atoms with Gasteiger partial charge in [-0.05, 0) is 24.5 Å². The van der Waals surface area contributed by atoms with Gasteiger partial charge in [0.2, 0.25) is 5.13 Å². The minimum Gasteiger partial charge on any atom is -0.497 e. The van der Waals surface area contributed by atoms with Crippen LogP contribution in [0.3, 0.4) is 0 Å². The molecule has 2 rings (SSSR count). The fourth-order valence-electron chi connectivity index (χ4n) is 1.90. The average Bonchev–Trinajstić information content (AvgIpc) is 3.05. The molecule has 0 spiro atoms. The lowest BCUT2D eigenvalue weighted by Gasteiger charge is -2.16. The van der Waals surface area contributed by atoms with Crippen molar-refractivity contribution in [2.24, 2.45) is 5.92 Å². The van der Waals surface area contributed by atoms with Crippen LogP contribution in [0, 0.1) is 5.92 Å². The normalized spacial score (nSPS) is 12.0. The lowest BCUT2D eigenvalue weighted by atomic mass is 10.2. The second-order valence-electron chi connectivity index (χ2n) is 5.76. The number of nitrogens with zero attached hydrogens (tertiary/aromatic N) is 2. The number of benzene rings is 1. The van der Waals surface area contributed by atoms with Crippen molar-refractivity contribution in [1.29, 1.82) is 0 Å². The summed E-state index contributed by atoms with van der Waals surface area (Å²) in [5, 5.41) is 11.4. The molecule has 1 heterocycles. The Balaban J connectivity index is 1.95. The lowest BCUT2D eigenvalue weighted by Crippen LogP contribution is -2.32. The zero-order chi connectivity index (χ0) is 18.2. The summed E-state index contributed by atoms with van der Waals surface area (Å²) in [4.78, 5) is 12.4. The van der Waals surface area contributed by atoms with Gasteiger partial charge in [-0.15, -0.1) is 10.2 Å². The first-order chi connectivity index (χ1) is 12.0. The van der Waals surface area contributed by atoms with Crippen molar-refractivity contribution in [1.82, 2.24) is 10.2 Å². The molecule has 2 aromatic rings. The Morgan fingerprint density at radius 1 is 1.32 bits per heavy atom. The minimum absolute atomic E-state index is 0.234. The monoisotopic (exact) mass is 381 g/mol. The molecule has 0 bridgehead atoms. The Bertz CT molecular complexity index is 691. The molecule has 0 aliphatic heterocycles. The van der Waals surface area contributed by atoms with Gasteiger partial charge in [0.05, 0.1) is 7.11 Å². The fourth-order valence-corrected chi connectivity index (χ4v) is 3.63. The van der Waals surface area contributed by atoms with Gasteiger partial charge in [0.1, 0.15) is 11.5 Å². The maximum Gasteiger partial charge on any atom is 0.267 e. The van der Waals surface area contributed by atoms with Crippen LogP contribution in [0.15, 0.2) is 28.6 Å².